The van der Waals surface area contributed by atoms with Gasteiger partial charge in [-0.15, -0.1) is 0 Å². The summed E-state index contributed by atoms with van der Waals surface area (Å²) in [6, 6.07) is 0. The molecule has 1 aliphatic rings. The molecule has 1 saturated heterocycles. The van der Waals surface area contributed by atoms with Gasteiger partial charge in [0.1, 0.15) is 5.82 Å². The lowest BCUT2D eigenvalue weighted by molar-refractivity contribution is -0.0403. The summed E-state index contributed by atoms with van der Waals surface area (Å²) in [7, 11) is 1.80. The van der Waals surface area contributed by atoms with Crippen LogP contribution in [0, 0.1) is 5.92 Å². The van der Waals surface area contributed by atoms with Crippen molar-refractivity contribution in [2.75, 3.05) is 25.6 Å². The highest BCUT2D eigenvalue weighted by Crippen LogP contribution is 2.23. The smallest absolute Gasteiger partial charge is 0.226 e. The molecule has 0 aromatic carbocycles. The molecule has 1 aliphatic heterocycles. The van der Waals surface area contributed by atoms with Crippen LogP contribution in [0.2, 0.25) is 5.28 Å². The van der Waals surface area contributed by atoms with Crippen LogP contribution in [0.4, 0.5) is 5.82 Å². The van der Waals surface area contributed by atoms with Crippen molar-refractivity contribution in [3.63, 3.8) is 0 Å². The van der Waals surface area contributed by atoms with Crippen molar-refractivity contribution in [2.45, 2.75) is 6.54 Å². The molecule has 2 aromatic rings. The maximum atomic E-state index is 5.89. The van der Waals surface area contributed by atoms with Gasteiger partial charge in [-0.2, -0.15) is 10.1 Å². The zero-order valence-corrected chi connectivity index (χ0v) is 10.1. The van der Waals surface area contributed by atoms with E-state index < -0.39 is 0 Å². The zero-order valence-electron chi connectivity index (χ0n) is 9.35. The molecule has 0 spiro atoms. The van der Waals surface area contributed by atoms with Gasteiger partial charge in [0.05, 0.1) is 31.3 Å². The number of fused-ring (bicyclic) bond motifs is 1. The van der Waals surface area contributed by atoms with E-state index in [1.807, 2.05) is 4.68 Å². The number of hydrogen-bond acceptors (Lipinski definition) is 5. The quantitative estimate of drug-likeness (QED) is 0.832. The molecule has 3 rings (SSSR count). The van der Waals surface area contributed by atoms with Gasteiger partial charge in [0.15, 0.2) is 5.65 Å². The predicted molar refractivity (Wildman–Crippen MR) is 64.2 cm³/mol. The summed E-state index contributed by atoms with van der Waals surface area (Å²) in [5.41, 5.74) is 0.765. The second-order valence-corrected chi connectivity index (χ2v) is 4.40. The Morgan fingerprint density at radius 1 is 1.53 bits per heavy atom. The van der Waals surface area contributed by atoms with Gasteiger partial charge in [0, 0.05) is 13.0 Å². The highest BCUT2D eigenvalue weighted by Gasteiger charge is 2.21. The number of nitrogens with one attached hydrogen (secondary N) is 1. The standard InChI is InChI=1S/C10H12ClN5O/c1-12-8-7-2-13-16(3-6-4-17-5-6)9(7)15-10(11)14-8/h2,6H,3-5H2,1H3,(H,12,14,15). The van der Waals surface area contributed by atoms with E-state index in [1.54, 1.807) is 13.2 Å². The third-order valence-corrected chi connectivity index (χ3v) is 3.01. The van der Waals surface area contributed by atoms with Crippen LogP contribution in [0.3, 0.4) is 0 Å². The van der Waals surface area contributed by atoms with E-state index in [-0.39, 0.29) is 5.28 Å². The average molecular weight is 254 g/mol. The van der Waals surface area contributed by atoms with E-state index in [0.29, 0.717) is 11.7 Å². The molecule has 6 nitrogen and oxygen atoms in total. The Kier molecular flexibility index (Phi) is 2.60. The Bertz CT molecular complexity index is 551. The highest BCUT2D eigenvalue weighted by molar-refractivity contribution is 6.28. The van der Waals surface area contributed by atoms with Crippen molar-refractivity contribution in [3.05, 3.63) is 11.5 Å². The normalized spacial score (nSPS) is 16.1. The van der Waals surface area contributed by atoms with Crippen LogP contribution in [-0.4, -0.2) is 40.0 Å². The Labute approximate surface area is 103 Å². The molecule has 1 N–H and O–H groups in total. The molecule has 2 aromatic heterocycles. The van der Waals surface area contributed by atoms with Crippen molar-refractivity contribution < 1.29 is 4.74 Å². The lowest BCUT2D eigenvalue weighted by atomic mass is 10.1. The molecule has 0 radical (unpaired) electrons. The van der Waals surface area contributed by atoms with Gasteiger partial charge in [-0.05, 0) is 11.6 Å². The first-order valence-electron chi connectivity index (χ1n) is 5.42. The van der Waals surface area contributed by atoms with Gasteiger partial charge in [-0.1, -0.05) is 0 Å². The van der Waals surface area contributed by atoms with Gasteiger partial charge in [-0.3, -0.25) is 0 Å². The number of ether oxygens (including phenoxy) is 1. The van der Waals surface area contributed by atoms with Crippen molar-refractivity contribution in [1.82, 2.24) is 19.7 Å². The van der Waals surface area contributed by atoms with Crippen molar-refractivity contribution in [2.24, 2.45) is 5.92 Å². The van der Waals surface area contributed by atoms with Crippen LogP contribution in [0.5, 0.6) is 0 Å². The Balaban J connectivity index is 2.04. The van der Waals surface area contributed by atoms with E-state index in [1.165, 1.54) is 0 Å². The van der Waals surface area contributed by atoms with E-state index >= 15 is 0 Å². The second-order valence-electron chi connectivity index (χ2n) is 4.06. The summed E-state index contributed by atoms with van der Waals surface area (Å²) in [4.78, 5) is 8.34. The summed E-state index contributed by atoms with van der Waals surface area (Å²) < 4.78 is 7.01. The summed E-state index contributed by atoms with van der Waals surface area (Å²) in [5, 5.41) is 8.43. The summed E-state index contributed by atoms with van der Waals surface area (Å²) in [6.07, 6.45) is 1.76. The number of halogens is 1. The molecule has 0 atom stereocenters. The van der Waals surface area contributed by atoms with Gasteiger partial charge < -0.3 is 10.1 Å². The maximum Gasteiger partial charge on any atom is 0.226 e. The fourth-order valence-corrected chi connectivity index (χ4v) is 2.05. The molecule has 1 fully saturated rings. The highest BCUT2D eigenvalue weighted by atomic mass is 35.5. The first-order chi connectivity index (χ1) is 8.28. The average Bonchev–Trinajstić information content (AvgIpc) is 2.65. The van der Waals surface area contributed by atoms with E-state index in [2.05, 4.69) is 20.4 Å². The summed E-state index contributed by atoms with van der Waals surface area (Å²) in [6.45, 7) is 2.39. The van der Waals surface area contributed by atoms with Crippen LogP contribution in [0.1, 0.15) is 0 Å². The molecule has 17 heavy (non-hydrogen) atoms. The number of aromatic nitrogens is 4. The molecule has 0 bridgehead atoms. The molecule has 3 heterocycles. The minimum absolute atomic E-state index is 0.230. The molecule has 7 heteroatoms. The van der Waals surface area contributed by atoms with Crippen molar-refractivity contribution >= 4 is 28.5 Å². The van der Waals surface area contributed by atoms with Gasteiger partial charge in [0.2, 0.25) is 5.28 Å². The van der Waals surface area contributed by atoms with E-state index in [4.69, 9.17) is 16.3 Å². The molecule has 0 amide bonds. The Morgan fingerprint density at radius 3 is 3.00 bits per heavy atom. The lowest BCUT2D eigenvalue weighted by Gasteiger charge is -2.25. The van der Waals surface area contributed by atoms with Crippen LogP contribution in [-0.2, 0) is 11.3 Å². The first kappa shape index (κ1) is 10.7. The minimum Gasteiger partial charge on any atom is -0.381 e. The Morgan fingerprint density at radius 2 is 2.35 bits per heavy atom. The third-order valence-electron chi connectivity index (χ3n) is 2.84. The van der Waals surface area contributed by atoms with E-state index in [0.717, 1.165) is 30.8 Å². The fourth-order valence-electron chi connectivity index (χ4n) is 1.89. The molecule has 0 unspecified atom stereocenters. The summed E-state index contributed by atoms with van der Waals surface area (Å²) >= 11 is 5.89. The predicted octanol–water partition coefficient (Wildman–Crippen LogP) is 1.17. The third kappa shape index (κ3) is 1.83. The topological polar surface area (TPSA) is 64.9 Å². The number of anilines is 1. The largest absolute Gasteiger partial charge is 0.381 e. The van der Waals surface area contributed by atoms with Crippen LogP contribution < -0.4 is 5.32 Å². The van der Waals surface area contributed by atoms with Crippen LogP contribution in [0.15, 0.2) is 6.20 Å². The molecular weight excluding hydrogens is 242 g/mol. The van der Waals surface area contributed by atoms with Crippen LogP contribution >= 0.6 is 11.6 Å². The monoisotopic (exact) mass is 253 g/mol. The molecular formula is C10H12ClN5O. The van der Waals surface area contributed by atoms with Gasteiger partial charge in [0.25, 0.3) is 0 Å². The van der Waals surface area contributed by atoms with E-state index in [9.17, 15) is 0 Å². The molecule has 90 valence electrons. The van der Waals surface area contributed by atoms with Crippen LogP contribution in [0.25, 0.3) is 11.0 Å². The minimum atomic E-state index is 0.230. The summed E-state index contributed by atoms with van der Waals surface area (Å²) in [5.74, 6) is 1.22. The second kappa shape index (κ2) is 4.12. The van der Waals surface area contributed by atoms with Crippen molar-refractivity contribution in [3.8, 4) is 0 Å². The van der Waals surface area contributed by atoms with Crippen molar-refractivity contribution in [1.29, 1.82) is 0 Å². The van der Waals surface area contributed by atoms with Gasteiger partial charge >= 0.3 is 0 Å². The number of rotatable bonds is 3. The lowest BCUT2D eigenvalue weighted by Crippen LogP contribution is -2.31. The number of nitrogens with zero attached hydrogens (tertiary/aromatic N) is 4. The Hall–Kier alpha value is -1.40. The molecule has 0 saturated carbocycles. The maximum absolute atomic E-state index is 5.89. The number of hydrogen-bond donors (Lipinski definition) is 1. The first-order valence-corrected chi connectivity index (χ1v) is 5.80. The molecule has 0 aliphatic carbocycles. The SMILES string of the molecule is CNc1nc(Cl)nc2c1cnn2CC1COC1. The zero-order chi connectivity index (χ0) is 11.8. The fraction of sp³-hybridized carbons (Fsp3) is 0.500. The van der Waals surface area contributed by atoms with Gasteiger partial charge in [-0.25, -0.2) is 9.67 Å².